The van der Waals surface area contributed by atoms with Crippen LogP contribution >= 0.6 is 11.3 Å². The fraction of sp³-hybridized carbons (Fsp3) is 0.0169. The molecule has 0 aliphatic heterocycles. The van der Waals surface area contributed by atoms with Gasteiger partial charge in [0.2, 0.25) is 0 Å². The van der Waals surface area contributed by atoms with Crippen molar-refractivity contribution in [1.29, 1.82) is 0 Å². The number of hydrogen-bond acceptors (Lipinski definition) is 3. The van der Waals surface area contributed by atoms with Gasteiger partial charge in [-0.15, -0.1) is 11.3 Å². The van der Waals surface area contributed by atoms with Crippen molar-refractivity contribution < 1.29 is 0 Å². The molecule has 0 fully saturated rings. The Labute approximate surface area is 364 Å². The van der Waals surface area contributed by atoms with E-state index in [0.717, 1.165) is 39.2 Å². The van der Waals surface area contributed by atoms with E-state index in [2.05, 4.69) is 206 Å². The van der Waals surface area contributed by atoms with Gasteiger partial charge >= 0.3 is 0 Å². The second-order valence-electron chi connectivity index (χ2n) is 16.4. The van der Waals surface area contributed by atoms with Crippen LogP contribution in [0.1, 0.15) is 22.3 Å². The van der Waals surface area contributed by atoms with Crippen LogP contribution in [-0.2, 0) is 5.41 Å². The first kappa shape index (κ1) is 35.1. The molecular weight excluding hydrogens is 769 g/mol. The number of aromatic nitrogens is 2. The van der Waals surface area contributed by atoms with Gasteiger partial charge in [0.05, 0.1) is 16.8 Å². The fourth-order valence-electron chi connectivity index (χ4n) is 10.5. The molecule has 0 atom stereocenters. The molecule has 62 heavy (non-hydrogen) atoms. The standard InChI is InChI=1S/C59H36N2S/c1-3-15-38(16-4-1)52-36-53(39-17-5-2-6-18-39)61-58(60-52)46-32-34-55-57(45-22-10-14-26-54(45)62-55)56(46)40-29-27-37(28-30-40)41-31-33-51-47(35-41)44-21-9-13-25-50(44)59(51)48-23-11-7-19-42(48)43-20-8-12-24-49(43)59/h1-36H. The largest absolute Gasteiger partial charge is 0.228 e. The van der Waals surface area contributed by atoms with Crippen molar-refractivity contribution in [3.8, 4) is 78.4 Å². The van der Waals surface area contributed by atoms with Gasteiger partial charge in [0.25, 0.3) is 0 Å². The molecule has 0 bridgehead atoms. The number of fused-ring (bicyclic) bond motifs is 13. The van der Waals surface area contributed by atoms with Crippen LogP contribution in [0.3, 0.4) is 0 Å². The van der Waals surface area contributed by atoms with E-state index >= 15 is 0 Å². The lowest BCUT2D eigenvalue weighted by Crippen LogP contribution is -2.25. The Balaban J connectivity index is 0.981. The molecular formula is C59H36N2S. The lowest BCUT2D eigenvalue weighted by atomic mass is 9.70. The SMILES string of the molecule is c1ccc(-c2cc(-c3ccccc3)nc(-c3ccc4sc5ccccc5c4c3-c3ccc(-c4ccc5c(c4)-c4ccccc4C54c5ccccc5-c5ccccc54)cc3)n2)cc1. The van der Waals surface area contributed by atoms with E-state index in [1.165, 1.54) is 75.8 Å². The summed E-state index contributed by atoms with van der Waals surface area (Å²) in [5.41, 5.74) is 20.0. The molecule has 9 aromatic carbocycles. The summed E-state index contributed by atoms with van der Waals surface area (Å²) in [6.45, 7) is 0. The molecule has 3 heteroatoms. The zero-order chi connectivity index (χ0) is 40.8. The van der Waals surface area contributed by atoms with Gasteiger partial charge in [0.15, 0.2) is 5.82 Å². The van der Waals surface area contributed by atoms with E-state index in [1.807, 2.05) is 23.5 Å². The summed E-state index contributed by atoms with van der Waals surface area (Å²) in [7, 11) is 0. The zero-order valence-corrected chi connectivity index (χ0v) is 34.4. The van der Waals surface area contributed by atoms with Crippen LogP contribution < -0.4 is 0 Å². The molecule has 0 N–H and O–H groups in total. The molecule has 2 nitrogen and oxygen atoms in total. The van der Waals surface area contributed by atoms with Crippen molar-refractivity contribution in [3.05, 3.63) is 241 Å². The summed E-state index contributed by atoms with van der Waals surface area (Å²) >= 11 is 1.84. The first-order chi connectivity index (χ1) is 30.7. The number of hydrogen-bond donors (Lipinski definition) is 0. The lowest BCUT2D eigenvalue weighted by molar-refractivity contribution is 0.794. The van der Waals surface area contributed by atoms with Crippen LogP contribution in [-0.4, -0.2) is 9.97 Å². The quantitative estimate of drug-likeness (QED) is 0.173. The van der Waals surface area contributed by atoms with E-state index in [-0.39, 0.29) is 5.41 Å². The van der Waals surface area contributed by atoms with Crippen LogP contribution in [0.15, 0.2) is 218 Å². The minimum Gasteiger partial charge on any atom is -0.228 e. The predicted octanol–water partition coefficient (Wildman–Crippen LogP) is 15.5. The maximum Gasteiger partial charge on any atom is 0.161 e. The van der Waals surface area contributed by atoms with Crippen molar-refractivity contribution in [2.45, 2.75) is 5.41 Å². The number of benzene rings is 9. The third-order valence-electron chi connectivity index (χ3n) is 13.2. The van der Waals surface area contributed by atoms with Crippen molar-refractivity contribution in [2.75, 3.05) is 0 Å². The van der Waals surface area contributed by atoms with Crippen LogP contribution in [0.4, 0.5) is 0 Å². The molecule has 1 spiro atoms. The molecule has 2 aromatic heterocycles. The highest BCUT2D eigenvalue weighted by molar-refractivity contribution is 7.26. The van der Waals surface area contributed by atoms with Crippen molar-refractivity contribution >= 4 is 31.5 Å². The van der Waals surface area contributed by atoms with Crippen molar-refractivity contribution in [1.82, 2.24) is 9.97 Å². The summed E-state index contributed by atoms with van der Waals surface area (Å²) in [6, 6.07) is 79.6. The van der Waals surface area contributed by atoms with E-state index < -0.39 is 0 Å². The number of nitrogens with zero attached hydrogens (tertiary/aromatic N) is 2. The second kappa shape index (κ2) is 13.7. The van der Waals surface area contributed by atoms with Crippen LogP contribution in [0.5, 0.6) is 0 Å². The molecule has 2 heterocycles. The Morgan fingerprint density at radius 2 is 0.823 bits per heavy atom. The number of thiophene rings is 1. The van der Waals surface area contributed by atoms with E-state index in [0.29, 0.717) is 5.82 Å². The molecule has 0 amide bonds. The maximum atomic E-state index is 5.32. The van der Waals surface area contributed by atoms with E-state index in [9.17, 15) is 0 Å². The van der Waals surface area contributed by atoms with Gasteiger partial charge in [-0.1, -0.05) is 188 Å². The third kappa shape index (κ3) is 5.09. The topological polar surface area (TPSA) is 25.8 Å². The highest BCUT2D eigenvalue weighted by Crippen LogP contribution is 2.63. The molecule has 2 aliphatic carbocycles. The highest BCUT2D eigenvalue weighted by atomic mass is 32.1. The average molecular weight is 805 g/mol. The van der Waals surface area contributed by atoms with E-state index in [4.69, 9.17) is 9.97 Å². The summed E-state index contributed by atoms with van der Waals surface area (Å²) in [4.78, 5) is 10.6. The van der Waals surface area contributed by atoms with Gasteiger partial charge < -0.3 is 0 Å². The number of rotatable bonds is 5. The van der Waals surface area contributed by atoms with Gasteiger partial charge in [0.1, 0.15) is 0 Å². The smallest absolute Gasteiger partial charge is 0.161 e. The van der Waals surface area contributed by atoms with Gasteiger partial charge in [0, 0.05) is 42.4 Å². The normalized spacial score (nSPS) is 13.0. The molecule has 0 saturated heterocycles. The predicted molar refractivity (Wildman–Crippen MR) is 258 cm³/mol. The molecule has 0 radical (unpaired) electrons. The minimum absolute atomic E-state index is 0.347. The Morgan fingerprint density at radius 1 is 0.323 bits per heavy atom. The molecule has 288 valence electrons. The highest BCUT2D eigenvalue weighted by Gasteiger charge is 2.51. The Bertz CT molecular complexity index is 3460. The first-order valence-electron chi connectivity index (χ1n) is 21.2. The summed E-state index contributed by atoms with van der Waals surface area (Å²) in [5.74, 6) is 0.711. The van der Waals surface area contributed by atoms with E-state index in [1.54, 1.807) is 0 Å². The van der Waals surface area contributed by atoms with Gasteiger partial charge in [-0.25, -0.2) is 9.97 Å². The molecule has 0 saturated carbocycles. The maximum absolute atomic E-state index is 5.32. The Hall–Kier alpha value is -7.72. The molecule has 11 aromatic rings. The zero-order valence-electron chi connectivity index (χ0n) is 33.6. The van der Waals surface area contributed by atoms with Crippen LogP contribution in [0, 0.1) is 0 Å². The second-order valence-corrected chi connectivity index (χ2v) is 17.5. The Kier molecular flexibility index (Phi) is 7.72. The van der Waals surface area contributed by atoms with Crippen LogP contribution in [0.25, 0.3) is 98.6 Å². The first-order valence-corrected chi connectivity index (χ1v) is 22.0. The average Bonchev–Trinajstić information content (AvgIpc) is 3.98. The molecule has 2 aliphatic rings. The van der Waals surface area contributed by atoms with Crippen molar-refractivity contribution in [3.63, 3.8) is 0 Å². The monoisotopic (exact) mass is 804 g/mol. The van der Waals surface area contributed by atoms with Gasteiger partial charge in [-0.05, 0) is 91.5 Å². The van der Waals surface area contributed by atoms with Crippen LogP contribution in [0.2, 0.25) is 0 Å². The third-order valence-corrected chi connectivity index (χ3v) is 14.3. The fourth-order valence-corrected chi connectivity index (χ4v) is 11.6. The summed E-state index contributed by atoms with van der Waals surface area (Å²) < 4.78 is 2.52. The van der Waals surface area contributed by atoms with Gasteiger partial charge in [-0.2, -0.15) is 0 Å². The van der Waals surface area contributed by atoms with Crippen molar-refractivity contribution in [2.24, 2.45) is 0 Å². The molecule has 0 unspecified atom stereocenters. The minimum atomic E-state index is -0.347. The lowest BCUT2D eigenvalue weighted by Gasteiger charge is -2.30. The Morgan fingerprint density at radius 3 is 1.45 bits per heavy atom. The summed E-state index contributed by atoms with van der Waals surface area (Å²) in [6.07, 6.45) is 0. The van der Waals surface area contributed by atoms with Gasteiger partial charge in [-0.3, -0.25) is 0 Å². The molecule has 13 rings (SSSR count). The summed E-state index contributed by atoms with van der Waals surface area (Å²) in [5, 5.41) is 2.49.